The normalized spacial score (nSPS) is 12.0. The van der Waals surface area contributed by atoms with Crippen LogP contribution in [0.2, 0.25) is 0 Å². The summed E-state index contributed by atoms with van der Waals surface area (Å²) in [5.41, 5.74) is 7.58. The zero-order valence-corrected chi connectivity index (χ0v) is 21.6. The van der Waals surface area contributed by atoms with Crippen molar-refractivity contribution < 1.29 is 0 Å². The Kier molecular flexibility index (Phi) is 4.94. The smallest absolute Gasteiger partial charge is 0.151 e. The van der Waals surface area contributed by atoms with E-state index in [-0.39, 0.29) is 5.84 Å². The van der Waals surface area contributed by atoms with Crippen molar-refractivity contribution in [3.05, 3.63) is 139 Å². The van der Waals surface area contributed by atoms with Crippen LogP contribution in [0.3, 0.4) is 0 Å². The minimum Gasteiger partial charge on any atom is -0.354 e. The molecule has 0 aliphatic heterocycles. The van der Waals surface area contributed by atoms with E-state index < -0.39 is 0 Å². The number of amidine groups is 1. The van der Waals surface area contributed by atoms with Crippen molar-refractivity contribution in [1.82, 2.24) is 9.55 Å². The summed E-state index contributed by atoms with van der Waals surface area (Å²) in [6.07, 6.45) is 1.77. The molecule has 0 amide bonds. The Labute approximate surface area is 230 Å². The maximum atomic E-state index is 8.26. The molecule has 2 aromatic heterocycles. The maximum Gasteiger partial charge on any atom is 0.151 e. The second-order valence-electron chi connectivity index (χ2n) is 10.2. The van der Waals surface area contributed by atoms with Crippen molar-refractivity contribution in [2.45, 2.75) is 0 Å². The van der Waals surface area contributed by atoms with Crippen molar-refractivity contribution in [3.63, 3.8) is 0 Å². The van der Waals surface area contributed by atoms with Gasteiger partial charge >= 0.3 is 0 Å². The van der Waals surface area contributed by atoms with E-state index in [1.165, 1.54) is 32.6 Å². The summed E-state index contributed by atoms with van der Waals surface area (Å²) in [4.78, 5) is 8.01. The van der Waals surface area contributed by atoms with Crippen LogP contribution in [0.1, 0.15) is 11.1 Å². The van der Waals surface area contributed by atoms with E-state index in [0.717, 1.165) is 38.6 Å². The van der Waals surface area contributed by atoms with Gasteiger partial charge in [-0.3, -0.25) is 5.41 Å². The van der Waals surface area contributed by atoms with E-state index in [2.05, 4.69) is 112 Å². The summed E-state index contributed by atoms with van der Waals surface area (Å²) in [7, 11) is 0. The molecular formula is C36H24N4. The number of fused-ring (bicyclic) bond motifs is 7. The first-order valence-electron chi connectivity index (χ1n) is 13.4. The van der Waals surface area contributed by atoms with Gasteiger partial charge in [0.1, 0.15) is 0 Å². The fraction of sp³-hybridized carbons (Fsp3) is 0. The molecule has 4 nitrogen and oxygen atoms in total. The quantitative estimate of drug-likeness (QED) is 0.175. The van der Waals surface area contributed by atoms with Crippen molar-refractivity contribution in [3.8, 4) is 5.69 Å². The number of aliphatic imine (C=N–C) groups is 1. The molecule has 0 saturated heterocycles. The summed E-state index contributed by atoms with van der Waals surface area (Å²) in [5, 5.41) is 15.6. The van der Waals surface area contributed by atoms with Crippen molar-refractivity contribution in [1.29, 1.82) is 5.41 Å². The van der Waals surface area contributed by atoms with Crippen LogP contribution in [0.4, 0.5) is 0 Å². The topological polar surface area (TPSA) is 56.9 Å². The summed E-state index contributed by atoms with van der Waals surface area (Å²) in [5.74, 6) is 0.256. The van der Waals surface area contributed by atoms with Gasteiger partial charge in [0.05, 0.1) is 11.0 Å². The van der Waals surface area contributed by atoms with Crippen LogP contribution in [-0.4, -0.2) is 21.6 Å². The monoisotopic (exact) mass is 512 g/mol. The van der Waals surface area contributed by atoms with E-state index >= 15 is 0 Å². The van der Waals surface area contributed by atoms with Gasteiger partial charge in [-0.05, 0) is 58.8 Å². The van der Waals surface area contributed by atoms with E-state index in [0.29, 0.717) is 0 Å². The third-order valence-corrected chi connectivity index (χ3v) is 7.79. The zero-order valence-electron chi connectivity index (χ0n) is 21.6. The summed E-state index contributed by atoms with van der Waals surface area (Å²) in [6, 6.07) is 44.3. The number of hydrogen-bond donors (Lipinski definition) is 2. The lowest BCUT2D eigenvalue weighted by atomic mass is 10.1. The molecule has 2 N–H and O–H groups in total. The second-order valence-corrected chi connectivity index (χ2v) is 10.2. The predicted molar refractivity (Wildman–Crippen MR) is 169 cm³/mol. The number of nitrogens with one attached hydrogen (secondary N) is 2. The largest absolute Gasteiger partial charge is 0.354 e. The van der Waals surface area contributed by atoms with Gasteiger partial charge in [-0.1, -0.05) is 84.9 Å². The third-order valence-electron chi connectivity index (χ3n) is 7.79. The lowest BCUT2D eigenvalue weighted by molar-refractivity contribution is 1.19. The highest BCUT2D eigenvalue weighted by atomic mass is 15.0. The molecule has 0 spiro atoms. The van der Waals surface area contributed by atoms with E-state index in [9.17, 15) is 0 Å². The molecule has 0 fully saturated rings. The van der Waals surface area contributed by atoms with Gasteiger partial charge in [0.2, 0.25) is 0 Å². The van der Waals surface area contributed by atoms with Gasteiger partial charge < -0.3 is 9.55 Å². The molecule has 0 radical (unpaired) electrons. The molecule has 0 aliphatic rings. The number of aromatic nitrogens is 2. The number of nitrogens with zero attached hydrogens (tertiary/aromatic N) is 2. The van der Waals surface area contributed by atoms with Gasteiger partial charge in [-0.25, -0.2) is 4.99 Å². The maximum absolute atomic E-state index is 8.26. The minimum atomic E-state index is 0.256. The molecule has 0 bridgehead atoms. The van der Waals surface area contributed by atoms with Gasteiger partial charge in [0.15, 0.2) is 5.84 Å². The molecule has 188 valence electrons. The summed E-state index contributed by atoms with van der Waals surface area (Å²) in [6.45, 7) is 0. The predicted octanol–water partition coefficient (Wildman–Crippen LogP) is 9.02. The fourth-order valence-electron chi connectivity index (χ4n) is 5.87. The van der Waals surface area contributed by atoms with Crippen molar-refractivity contribution in [2.24, 2.45) is 4.99 Å². The highest BCUT2D eigenvalue weighted by molar-refractivity contribution is 6.18. The number of aromatic amines is 1. The van der Waals surface area contributed by atoms with E-state index in [1.807, 2.05) is 30.3 Å². The highest BCUT2D eigenvalue weighted by Gasteiger charge is 2.15. The second kappa shape index (κ2) is 8.79. The van der Waals surface area contributed by atoms with Crippen LogP contribution >= 0.6 is 0 Å². The zero-order chi connectivity index (χ0) is 26.6. The molecule has 0 atom stereocenters. The highest BCUT2D eigenvalue weighted by Crippen LogP contribution is 2.37. The molecule has 0 aliphatic carbocycles. The van der Waals surface area contributed by atoms with Gasteiger partial charge in [-0.2, -0.15) is 0 Å². The van der Waals surface area contributed by atoms with Crippen LogP contribution < -0.4 is 0 Å². The van der Waals surface area contributed by atoms with Crippen LogP contribution in [0.25, 0.3) is 60.1 Å². The lowest BCUT2D eigenvalue weighted by Gasteiger charge is -2.10. The SMILES string of the molecule is N=C(N=Cc1ccc2cc(-n3c4ccccc4c4cc5c(cc43)[nH]c3ccccc35)ccc2c1)c1ccccc1. The first-order valence-corrected chi connectivity index (χ1v) is 13.4. The lowest BCUT2D eigenvalue weighted by Crippen LogP contribution is -1.96. The Balaban J connectivity index is 1.25. The average molecular weight is 513 g/mol. The number of hydrogen-bond acceptors (Lipinski definition) is 1. The molecule has 40 heavy (non-hydrogen) atoms. The molecule has 6 aromatic carbocycles. The third kappa shape index (κ3) is 3.54. The van der Waals surface area contributed by atoms with E-state index in [4.69, 9.17) is 5.41 Å². The molecule has 8 rings (SSSR count). The van der Waals surface area contributed by atoms with Crippen LogP contribution in [-0.2, 0) is 0 Å². The number of rotatable bonds is 3. The number of para-hydroxylation sites is 2. The van der Waals surface area contributed by atoms with E-state index in [1.54, 1.807) is 6.21 Å². The molecule has 0 unspecified atom stereocenters. The Hall–Kier alpha value is -5.48. The molecule has 8 aromatic rings. The number of benzene rings is 6. The van der Waals surface area contributed by atoms with Crippen molar-refractivity contribution >= 4 is 66.4 Å². The van der Waals surface area contributed by atoms with Crippen LogP contribution in [0, 0.1) is 5.41 Å². The Morgan fingerprint density at radius 1 is 0.600 bits per heavy atom. The van der Waals surface area contributed by atoms with Crippen LogP contribution in [0.5, 0.6) is 0 Å². The van der Waals surface area contributed by atoms with Crippen molar-refractivity contribution in [2.75, 3.05) is 0 Å². The van der Waals surface area contributed by atoms with Crippen LogP contribution in [0.15, 0.2) is 132 Å². The molecule has 4 heteroatoms. The Morgan fingerprint density at radius 3 is 2.25 bits per heavy atom. The first-order chi connectivity index (χ1) is 19.7. The van der Waals surface area contributed by atoms with Gasteiger partial charge in [0.25, 0.3) is 0 Å². The average Bonchev–Trinajstić information content (AvgIpc) is 3.53. The Morgan fingerprint density at radius 2 is 1.35 bits per heavy atom. The van der Waals surface area contributed by atoms with Gasteiger partial charge in [0, 0.05) is 50.0 Å². The Bertz CT molecular complexity index is 2280. The summed E-state index contributed by atoms with van der Waals surface area (Å²) >= 11 is 0. The fourth-order valence-corrected chi connectivity index (χ4v) is 5.87. The van der Waals surface area contributed by atoms with Gasteiger partial charge in [-0.15, -0.1) is 0 Å². The molecule has 2 heterocycles. The molecular weight excluding hydrogens is 488 g/mol. The minimum absolute atomic E-state index is 0.256. The standard InChI is InChI=1S/C36H24N4/c37-36(24-8-2-1-3-9-24)38-22-23-14-15-26-19-27(17-16-25(26)18-23)40-34-13-7-5-11-29(34)31-20-30-28-10-4-6-12-32(28)39-33(30)21-35(31)40/h1-22,37,39H. The first kappa shape index (κ1) is 22.5. The summed E-state index contributed by atoms with van der Waals surface area (Å²) < 4.78 is 2.37. The molecule has 0 saturated carbocycles. The number of H-pyrrole nitrogens is 1.